The molecule has 7 saturated heterocycles. The lowest BCUT2D eigenvalue weighted by molar-refractivity contribution is -0.198. The van der Waals surface area contributed by atoms with Gasteiger partial charge in [-0.3, -0.25) is 57.8 Å². The van der Waals surface area contributed by atoms with Crippen LogP contribution in [0.3, 0.4) is 0 Å². The zero-order chi connectivity index (χ0) is 51.3. The van der Waals surface area contributed by atoms with Gasteiger partial charge < -0.3 is 34.3 Å². The third-order valence-corrected chi connectivity index (χ3v) is 12.7. The van der Waals surface area contributed by atoms with E-state index in [0.29, 0.717) is 96.0 Å². The molecule has 7 aliphatic heterocycles. The number of benzene rings is 2. The number of amides is 9. The average molecular weight is 1000 g/mol. The summed E-state index contributed by atoms with van der Waals surface area (Å²) in [7, 11) is 0. The van der Waals surface area contributed by atoms with Crippen LogP contribution >= 0.6 is 0 Å². The fraction of sp³-hybridized carbons (Fsp3) is 0.542. The topological polar surface area (TPSA) is 255 Å². The third kappa shape index (κ3) is 14.0. The first-order valence-corrected chi connectivity index (χ1v) is 24.2. The van der Waals surface area contributed by atoms with Crippen LogP contribution in [0.5, 0.6) is 0 Å². The second kappa shape index (κ2) is 25.0. The third-order valence-electron chi connectivity index (χ3n) is 12.7. The number of nitrogens with zero attached hydrogens (tertiary/aromatic N) is 8. The Morgan fingerprint density at radius 2 is 0.833 bits per heavy atom. The molecule has 72 heavy (non-hydrogen) atoms. The summed E-state index contributed by atoms with van der Waals surface area (Å²) >= 11 is 0. The molecule has 0 unspecified atom stereocenters. The summed E-state index contributed by atoms with van der Waals surface area (Å²) in [6, 6.07) is 12.1. The number of hydrogen-bond acceptors (Lipinski definition) is 18. The van der Waals surface area contributed by atoms with Crippen molar-refractivity contribution in [2.45, 2.75) is 65.5 Å². The van der Waals surface area contributed by atoms with Crippen molar-refractivity contribution >= 4 is 59.5 Å². The summed E-state index contributed by atoms with van der Waals surface area (Å²) in [5.41, 5.74) is 5.96. The predicted octanol–water partition coefficient (Wildman–Crippen LogP) is 0.926. The summed E-state index contributed by atoms with van der Waals surface area (Å²) in [5, 5.41) is 4.46. The van der Waals surface area contributed by atoms with Crippen molar-refractivity contribution in [1.29, 1.82) is 0 Å². The molecule has 0 bridgehead atoms. The van der Waals surface area contributed by atoms with E-state index < -0.39 is 47.7 Å². The number of carbonyl (C=O) groups excluding carboxylic acids is 10. The van der Waals surface area contributed by atoms with Gasteiger partial charge in [-0.1, -0.05) is 45.5 Å². The van der Waals surface area contributed by atoms with E-state index in [9.17, 15) is 47.9 Å². The first kappa shape index (κ1) is 53.0. The van der Waals surface area contributed by atoms with Gasteiger partial charge in [-0.2, -0.15) is 4.79 Å². The van der Waals surface area contributed by atoms with Crippen molar-refractivity contribution in [3.05, 3.63) is 69.8 Å². The summed E-state index contributed by atoms with van der Waals surface area (Å²) in [6.07, 6.45) is -2.28. The molecule has 0 spiro atoms. The molecule has 0 aliphatic carbocycles. The number of ether oxygens (including phenoxy) is 2. The largest absolute Gasteiger partial charge is 0.560 e. The van der Waals surface area contributed by atoms with E-state index in [2.05, 4.69) is 37.8 Å². The van der Waals surface area contributed by atoms with E-state index >= 15 is 0 Å². The number of hydroxylamine groups is 6. The maximum Gasteiger partial charge on any atom is 0.560 e. The summed E-state index contributed by atoms with van der Waals surface area (Å²) < 4.78 is 10.7. The highest BCUT2D eigenvalue weighted by atomic mass is 16.9. The molecule has 0 atom stereocenters. The summed E-state index contributed by atoms with van der Waals surface area (Å²) in [5.74, 6) is -3.55. The maximum atomic E-state index is 13.1. The molecule has 7 aliphatic rings. The number of carbonyl (C=O) groups is 10. The molecular formula is C48H61N9O15. The Bertz CT molecular complexity index is 2300. The van der Waals surface area contributed by atoms with Gasteiger partial charge in [0.25, 0.3) is 47.3 Å². The van der Waals surface area contributed by atoms with Crippen molar-refractivity contribution in [2.75, 3.05) is 105 Å². The highest BCUT2D eigenvalue weighted by Gasteiger charge is 2.38. The zero-order valence-corrected chi connectivity index (χ0v) is 40.6. The minimum absolute atomic E-state index is 0.0189. The molecule has 0 radical (unpaired) electrons. The number of nitrogens with one attached hydrogen (secondary N) is 1. The molecule has 0 saturated carbocycles. The van der Waals surface area contributed by atoms with Crippen LogP contribution in [0, 0.1) is 13.8 Å². The number of rotatable bonds is 9. The molecule has 24 nitrogen and oxygen atoms in total. The second-order valence-electron chi connectivity index (χ2n) is 18.0. The first-order chi connectivity index (χ1) is 34.6. The number of imide groups is 3. The zero-order valence-electron chi connectivity index (χ0n) is 40.6. The van der Waals surface area contributed by atoms with E-state index in [0.717, 1.165) is 55.0 Å². The van der Waals surface area contributed by atoms with Gasteiger partial charge in [-0.15, -0.1) is 5.06 Å². The normalized spacial score (nSPS) is 20.0. The lowest BCUT2D eigenvalue weighted by atomic mass is 10.0. The molecule has 7 fully saturated rings. The lowest BCUT2D eigenvalue weighted by Crippen LogP contribution is -2.50. The average Bonchev–Trinajstić information content (AvgIpc) is 4.00. The van der Waals surface area contributed by atoms with Gasteiger partial charge in [-0.05, 0) is 37.1 Å². The monoisotopic (exact) mass is 1000 g/mol. The Hall–Kier alpha value is -6.86. The van der Waals surface area contributed by atoms with Crippen molar-refractivity contribution in [1.82, 2.24) is 45.0 Å². The van der Waals surface area contributed by atoms with Gasteiger partial charge in [0.15, 0.2) is 0 Å². The van der Waals surface area contributed by atoms with E-state index in [1.54, 1.807) is 0 Å². The predicted molar refractivity (Wildman–Crippen MR) is 248 cm³/mol. The van der Waals surface area contributed by atoms with Crippen molar-refractivity contribution in [2.24, 2.45) is 0 Å². The van der Waals surface area contributed by atoms with Gasteiger partial charge in [0.05, 0.1) is 26.4 Å². The van der Waals surface area contributed by atoms with E-state index in [1.165, 1.54) is 10.5 Å². The van der Waals surface area contributed by atoms with Crippen LogP contribution in [0.25, 0.3) is 0 Å². The Morgan fingerprint density at radius 3 is 1.22 bits per heavy atom. The molecule has 2 aromatic carbocycles. The highest BCUT2D eigenvalue weighted by molar-refractivity contribution is 6.03. The van der Waals surface area contributed by atoms with Crippen molar-refractivity contribution in [3.63, 3.8) is 0 Å². The minimum Gasteiger partial charge on any atom is -0.378 e. The Morgan fingerprint density at radius 1 is 0.472 bits per heavy atom. The molecule has 9 rings (SSSR count). The second-order valence-corrected chi connectivity index (χ2v) is 18.0. The van der Waals surface area contributed by atoms with Crippen LogP contribution in [0.4, 0.5) is 9.59 Å². The minimum atomic E-state index is -1.48. The molecular weight excluding hydrogens is 943 g/mol. The lowest BCUT2D eigenvalue weighted by Gasteiger charge is -2.35. The Balaban J connectivity index is 0.000000166. The smallest absolute Gasteiger partial charge is 0.378 e. The Kier molecular flexibility index (Phi) is 18.4. The van der Waals surface area contributed by atoms with Crippen molar-refractivity contribution in [3.8, 4) is 0 Å². The Labute approximate surface area is 415 Å². The van der Waals surface area contributed by atoms with E-state index in [-0.39, 0.29) is 60.5 Å². The van der Waals surface area contributed by atoms with Gasteiger partial charge in [0, 0.05) is 141 Å². The standard InChI is InChI=1S/C22H28N4O6.C17H25N3O2.C9H8N2O7/c1-16-2-3-18(21(29)24-10-12-31-13-11-24)17(14-16)15-23-6-8-25(9-7-23)22(30)32-26-19(27)4-5-20(26)28;1-14-2-3-16(17(21)20-8-10-22-11-9-20)15(12-14)13-19-6-4-18-5-7-19;12-5-1-2-6(13)10(5)17-9(16)18-11-7(14)3-4-8(11)15/h2-3,14H,4-13,15H2,1H3;2-3,12,18H,4-11,13H2,1H3;1-4H2. The van der Waals surface area contributed by atoms with Crippen molar-refractivity contribution < 1.29 is 71.9 Å². The highest BCUT2D eigenvalue weighted by Crippen LogP contribution is 2.22. The van der Waals surface area contributed by atoms with Crippen LogP contribution < -0.4 is 5.32 Å². The van der Waals surface area contributed by atoms with E-state index in [4.69, 9.17) is 14.3 Å². The van der Waals surface area contributed by atoms with Crippen LogP contribution in [0.2, 0.25) is 0 Å². The number of aryl methyl sites for hydroxylation is 2. The fourth-order valence-corrected chi connectivity index (χ4v) is 8.71. The summed E-state index contributed by atoms with van der Waals surface area (Å²) in [6.45, 7) is 16.7. The maximum absolute atomic E-state index is 13.1. The number of morpholine rings is 2. The fourth-order valence-electron chi connectivity index (χ4n) is 8.71. The molecule has 388 valence electrons. The SMILES string of the molecule is Cc1ccc(C(=O)N2CCOCC2)c(CN2CCN(C(=O)ON3C(=O)CCC3=O)CC2)c1.Cc1ccc(C(=O)N2CCOCC2)c(CN2CCNCC2)c1.O=C(ON1C(=O)CCC1=O)ON1C(=O)CCC1=O. The van der Waals surface area contributed by atoms with E-state index in [1.807, 2.05) is 47.1 Å². The van der Waals surface area contributed by atoms with Gasteiger partial charge in [-0.25, -0.2) is 4.79 Å². The van der Waals surface area contributed by atoms with Crippen LogP contribution in [-0.4, -0.2) is 204 Å². The first-order valence-electron chi connectivity index (χ1n) is 24.2. The summed E-state index contributed by atoms with van der Waals surface area (Å²) in [4.78, 5) is 141. The number of hydrogen-bond donors (Lipinski definition) is 1. The molecule has 9 amide bonds. The van der Waals surface area contributed by atoms with Gasteiger partial charge in [0.1, 0.15) is 0 Å². The quantitative estimate of drug-likeness (QED) is 0.343. The number of piperazine rings is 2. The molecule has 7 heterocycles. The van der Waals surface area contributed by atoms with Crippen LogP contribution in [0.1, 0.15) is 81.5 Å². The van der Waals surface area contributed by atoms with Gasteiger partial charge >= 0.3 is 12.2 Å². The van der Waals surface area contributed by atoms with Gasteiger partial charge in [0.2, 0.25) is 0 Å². The molecule has 1 N–H and O–H groups in total. The van der Waals surface area contributed by atoms with Crippen LogP contribution in [0.15, 0.2) is 36.4 Å². The molecule has 0 aromatic heterocycles. The molecule has 2 aromatic rings. The van der Waals surface area contributed by atoms with Crippen LogP contribution in [-0.2, 0) is 65.8 Å². The molecule has 24 heteroatoms.